The molecule has 2 aliphatic rings. The molecule has 0 saturated carbocycles. The number of rotatable bonds is 9. The smallest absolute Gasteiger partial charge is 0.268 e. The highest BCUT2D eigenvalue weighted by Gasteiger charge is 2.63. The molecule has 0 aliphatic carbocycles. The zero-order chi connectivity index (χ0) is 33.3. The minimum atomic E-state index is -2.70. The molecule has 2 fully saturated rings. The number of nitrogens with zero attached hydrogens (tertiary/aromatic N) is 1. The summed E-state index contributed by atoms with van der Waals surface area (Å²) in [5, 5.41) is 2.55. The largest absolute Gasteiger partial charge is 0.461 e. The van der Waals surface area contributed by atoms with Crippen LogP contribution in [0.3, 0.4) is 0 Å². The maximum atomic E-state index is 14.4. The summed E-state index contributed by atoms with van der Waals surface area (Å²) in [6, 6.07) is 41.5. The molecule has 0 N–H and O–H groups in total. The Balaban J connectivity index is 1.24. The van der Waals surface area contributed by atoms with E-state index >= 15 is 0 Å². The van der Waals surface area contributed by atoms with E-state index in [4.69, 9.17) is 26.1 Å². The Kier molecular flexibility index (Phi) is 9.29. The SMILES string of the molecule is CC1(C)OC(=S)N(C(=O)C[C@@H]2CC[C@@H](CO[Si](c3ccccc3)(c3ccccc3)C(C)(C)C)O2)C1(c1ccccc1)c1ccccc1. The van der Waals surface area contributed by atoms with Gasteiger partial charge in [0.1, 0.15) is 11.1 Å². The lowest BCUT2D eigenvalue weighted by Crippen LogP contribution is -2.67. The van der Waals surface area contributed by atoms with E-state index in [1.165, 1.54) is 10.4 Å². The number of amides is 1. The summed E-state index contributed by atoms with van der Waals surface area (Å²) in [5.41, 5.74) is 0.154. The average molecular weight is 664 g/mol. The first-order valence-corrected chi connectivity index (χ1v) is 18.9. The van der Waals surface area contributed by atoms with Gasteiger partial charge in [-0.05, 0) is 65.4 Å². The topological polar surface area (TPSA) is 48.0 Å². The van der Waals surface area contributed by atoms with Crippen molar-refractivity contribution in [2.75, 3.05) is 6.61 Å². The van der Waals surface area contributed by atoms with E-state index < -0.39 is 19.5 Å². The Morgan fingerprint density at radius 1 is 0.787 bits per heavy atom. The molecule has 0 radical (unpaired) electrons. The van der Waals surface area contributed by atoms with Crippen molar-refractivity contribution in [2.24, 2.45) is 0 Å². The quantitative estimate of drug-likeness (QED) is 0.138. The van der Waals surface area contributed by atoms with Crippen LogP contribution in [0.15, 0.2) is 121 Å². The maximum Gasteiger partial charge on any atom is 0.268 e. The first kappa shape index (κ1) is 33.3. The van der Waals surface area contributed by atoms with Gasteiger partial charge in [0.05, 0.1) is 25.2 Å². The minimum Gasteiger partial charge on any atom is -0.461 e. The molecule has 6 rings (SSSR count). The summed E-state index contributed by atoms with van der Waals surface area (Å²) in [6.45, 7) is 11.3. The summed E-state index contributed by atoms with van der Waals surface area (Å²) < 4.78 is 20.1. The van der Waals surface area contributed by atoms with Crippen LogP contribution in [0, 0.1) is 0 Å². The van der Waals surface area contributed by atoms with Gasteiger partial charge in [0, 0.05) is 0 Å². The van der Waals surface area contributed by atoms with Crippen molar-refractivity contribution in [3.8, 4) is 0 Å². The van der Waals surface area contributed by atoms with Crippen LogP contribution in [0.2, 0.25) is 5.04 Å². The monoisotopic (exact) mass is 663 g/mol. The molecular weight excluding hydrogens is 619 g/mol. The lowest BCUT2D eigenvalue weighted by Gasteiger charge is -2.44. The molecule has 0 aromatic heterocycles. The first-order chi connectivity index (χ1) is 22.5. The number of carbonyl (C=O) groups excluding carboxylic acids is 1. The Morgan fingerprint density at radius 2 is 1.23 bits per heavy atom. The summed E-state index contributed by atoms with van der Waals surface area (Å²) in [7, 11) is -2.70. The molecule has 0 spiro atoms. The van der Waals surface area contributed by atoms with E-state index in [9.17, 15) is 4.79 Å². The van der Waals surface area contributed by atoms with E-state index in [1.807, 2.05) is 50.2 Å². The van der Waals surface area contributed by atoms with Crippen LogP contribution < -0.4 is 10.4 Å². The van der Waals surface area contributed by atoms with Crippen molar-refractivity contribution < 1.29 is 18.7 Å². The van der Waals surface area contributed by atoms with Crippen LogP contribution in [-0.2, 0) is 24.2 Å². The predicted molar refractivity (Wildman–Crippen MR) is 194 cm³/mol. The molecule has 2 atom stereocenters. The molecule has 2 heterocycles. The van der Waals surface area contributed by atoms with Crippen molar-refractivity contribution in [3.05, 3.63) is 132 Å². The summed E-state index contributed by atoms with van der Waals surface area (Å²) in [6.07, 6.45) is 1.45. The van der Waals surface area contributed by atoms with Gasteiger partial charge in [-0.25, -0.2) is 0 Å². The van der Waals surface area contributed by atoms with Crippen LogP contribution in [0.4, 0.5) is 0 Å². The van der Waals surface area contributed by atoms with E-state index in [2.05, 4.69) is 106 Å². The maximum absolute atomic E-state index is 14.4. The van der Waals surface area contributed by atoms with Crippen LogP contribution in [-0.4, -0.2) is 48.7 Å². The molecule has 47 heavy (non-hydrogen) atoms. The zero-order valence-electron chi connectivity index (χ0n) is 28.0. The van der Waals surface area contributed by atoms with E-state index in [-0.39, 0.29) is 34.7 Å². The van der Waals surface area contributed by atoms with Crippen LogP contribution in [0.1, 0.15) is 65.0 Å². The Hall–Kier alpha value is -3.62. The van der Waals surface area contributed by atoms with E-state index in [0.29, 0.717) is 6.61 Å². The number of hydrogen-bond donors (Lipinski definition) is 0. The summed E-state index contributed by atoms with van der Waals surface area (Å²) in [5.74, 6) is -0.105. The molecule has 4 aromatic carbocycles. The van der Waals surface area contributed by atoms with E-state index in [1.54, 1.807) is 4.90 Å². The third kappa shape index (κ3) is 5.88. The Morgan fingerprint density at radius 3 is 1.70 bits per heavy atom. The number of thiocarbonyl (C=S) groups is 1. The summed E-state index contributed by atoms with van der Waals surface area (Å²) >= 11 is 5.82. The van der Waals surface area contributed by atoms with E-state index in [0.717, 1.165) is 24.0 Å². The van der Waals surface area contributed by atoms with Crippen molar-refractivity contribution in [1.82, 2.24) is 4.90 Å². The molecule has 7 heteroatoms. The summed E-state index contributed by atoms with van der Waals surface area (Å²) in [4.78, 5) is 16.2. The standard InChI is InChI=1S/C40H45NO4SSi/c1-38(2,3)47(34-22-14-8-15-23-34,35-24-16-9-17-25-35)43-29-33-27-26-32(44-33)28-36(42)41-37(46)45-39(4,5)40(41,30-18-10-6-11-19-30)31-20-12-7-13-21-31/h6-25,32-33H,26-29H2,1-5H3/t32-,33-/m0/s1. The van der Waals surface area contributed by atoms with Crippen LogP contribution in [0.25, 0.3) is 0 Å². The second-order valence-corrected chi connectivity index (χ2v) is 18.8. The second kappa shape index (κ2) is 13.1. The Bertz CT molecular complexity index is 1600. The Labute approximate surface area is 286 Å². The predicted octanol–water partition coefficient (Wildman–Crippen LogP) is 7.37. The number of benzene rings is 4. The van der Waals surface area contributed by atoms with Crippen molar-refractivity contribution in [2.45, 2.75) is 82.3 Å². The molecule has 4 aromatic rings. The van der Waals surface area contributed by atoms with Gasteiger partial charge in [-0.15, -0.1) is 0 Å². The minimum absolute atomic E-state index is 0.105. The highest BCUT2D eigenvalue weighted by molar-refractivity contribution is 7.80. The van der Waals surface area contributed by atoms with Gasteiger partial charge in [-0.2, -0.15) is 0 Å². The average Bonchev–Trinajstić information content (AvgIpc) is 3.60. The van der Waals surface area contributed by atoms with Crippen molar-refractivity contribution >= 4 is 42.0 Å². The molecule has 1 amide bonds. The fourth-order valence-corrected chi connectivity index (χ4v) is 12.9. The van der Waals surface area contributed by atoms with Gasteiger partial charge < -0.3 is 13.9 Å². The highest BCUT2D eigenvalue weighted by atomic mass is 32.1. The van der Waals surface area contributed by atoms with Gasteiger partial charge in [0.25, 0.3) is 13.5 Å². The third-order valence-electron chi connectivity index (χ3n) is 9.86. The van der Waals surface area contributed by atoms with Gasteiger partial charge in [-0.3, -0.25) is 9.69 Å². The van der Waals surface area contributed by atoms with Gasteiger partial charge in [0.2, 0.25) is 5.91 Å². The lowest BCUT2D eigenvalue weighted by molar-refractivity contribution is -0.134. The van der Waals surface area contributed by atoms with Crippen LogP contribution in [0.5, 0.6) is 0 Å². The zero-order valence-corrected chi connectivity index (χ0v) is 29.8. The fourth-order valence-electron chi connectivity index (χ4n) is 7.83. The molecule has 0 unspecified atom stereocenters. The normalized spacial score (nSPS) is 20.6. The van der Waals surface area contributed by atoms with Crippen molar-refractivity contribution in [3.63, 3.8) is 0 Å². The number of carbonyl (C=O) groups is 1. The second-order valence-electron chi connectivity index (χ2n) is 14.2. The van der Waals surface area contributed by atoms with Crippen LogP contribution >= 0.6 is 12.2 Å². The van der Waals surface area contributed by atoms with Gasteiger partial charge >= 0.3 is 0 Å². The third-order valence-corrected chi connectivity index (χ3v) is 15.1. The van der Waals surface area contributed by atoms with Gasteiger partial charge in [-0.1, -0.05) is 142 Å². The first-order valence-electron chi connectivity index (χ1n) is 16.6. The van der Waals surface area contributed by atoms with Crippen molar-refractivity contribution in [1.29, 1.82) is 0 Å². The molecule has 5 nitrogen and oxygen atoms in total. The van der Waals surface area contributed by atoms with Gasteiger partial charge in [0.15, 0.2) is 0 Å². The lowest BCUT2D eigenvalue weighted by atomic mass is 9.71. The molecule has 2 aliphatic heterocycles. The number of hydrogen-bond acceptors (Lipinski definition) is 5. The molecule has 244 valence electrons. The number of ether oxygens (including phenoxy) is 2. The molecule has 0 bridgehead atoms. The fraction of sp³-hybridized carbons (Fsp3) is 0.350. The molecule has 2 saturated heterocycles. The molecular formula is C40H45NO4SSi. The highest BCUT2D eigenvalue weighted by Crippen LogP contribution is 2.52.